The van der Waals surface area contributed by atoms with Crippen LogP contribution < -0.4 is 0 Å². The number of rotatable bonds is 2. The number of carbonyl (C=O) groups is 1. The van der Waals surface area contributed by atoms with Crippen molar-refractivity contribution >= 4 is 11.5 Å². The van der Waals surface area contributed by atoms with Gasteiger partial charge in [0.25, 0.3) is 0 Å². The zero-order valence-electron chi connectivity index (χ0n) is 8.03. The maximum absolute atomic E-state index is 11.8. The van der Waals surface area contributed by atoms with Crippen molar-refractivity contribution < 1.29 is 4.79 Å². The molecule has 1 aliphatic rings. The zero-order valence-corrected chi connectivity index (χ0v) is 8.03. The van der Waals surface area contributed by atoms with Crippen LogP contribution in [0.5, 0.6) is 0 Å². The smallest absolute Gasteiger partial charge is 0.211 e. The highest BCUT2D eigenvalue weighted by Crippen LogP contribution is 2.15. The van der Waals surface area contributed by atoms with Gasteiger partial charge >= 0.3 is 0 Å². The van der Waals surface area contributed by atoms with Crippen LogP contribution in [0.2, 0.25) is 0 Å². The summed E-state index contributed by atoms with van der Waals surface area (Å²) >= 11 is 0. The van der Waals surface area contributed by atoms with Gasteiger partial charge in [0.05, 0.1) is 0 Å². The lowest BCUT2D eigenvalue weighted by Crippen LogP contribution is -1.99. The standard InChI is InChI=1S/C12H11NO/c1-9-7-8-11(13-9)12(14)10-5-3-2-4-6-10/h2-6,8H,7H2,1H3. The molecule has 0 amide bonds. The molecular formula is C12H11NO. The summed E-state index contributed by atoms with van der Waals surface area (Å²) in [6.45, 7) is 1.93. The Morgan fingerprint density at radius 1 is 1.29 bits per heavy atom. The van der Waals surface area contributed by atoms with Crippen LogP contribution in [-0.2, 0) is 0 Å². The number of hydrogen-bond donors (Lipinski definition) is 0. The van der Waals surface area contributed by atoms with Gasteiger partial charge in [-0.3, -0.25) is 9.79 Å². The topological polar surface area (TPSA) is 29.4 Å². The number of allylic oxidation sites excluding steroid dienone is 2. The minimum atomic E-state index is 0.0162. The first-order valence-corrected chi connectivity index (χ1v) is 4.61. The van der Waals surface area contributed by atoms with Crippen molar-refractivity contribution in [1.29, 1.82) is 0 Å². The summed E-state index contributed by atoms with van der Waals surface area (Å²) in [5.74, 6) is 0.0162. The molecule has 2 rings (SSSR count). The minimum absolute atomic E-state index is 0.0162. The molecule has 1 aromatic carbocycles. The molecular weight excluding hydrogens is 174 g/mol. The molecule has 0 unspecified atom stereocenters. The number of aliphatic imine (C=N–C) groups is 1. The molecule has 1 heterocycles. The number of nitrogens with zero attached hydrogens (tertiary/aromatic N) is 1. The molecule has 0 bridgehead atoms. The molecule has 0 radical (unpaired) electrons. The predicted octanol–water partition coefficient (Wildman–Crippen LogP) is 2.62. The van der Waals surface area contributed by atoms with Gasteiger partial charge in [-0.2, -0.15) is 0 Å². The van der Waals surface area contributed by atoms with E-state index < -0.39 is 0 Å². The summed E-state index contributed by atoms with van der Waals surface area (Å²) in [6, 6.07) is 9.24. The second-order valence-electron chi connectivity index (χ2n) is 3.34. The molecule has 0 atom stereocenters. The van der Waals surface area contributed by atoms with Gasteiger partial charge in [0, 0.05) is 17.7 Å². The summed E-state index contributed by atoms with van der Waals surface area (Å²) in [5, 5.41) is 0. The lowest BCUT2D eigenvalue weighted by molar-refractivity contribution is 0.103. The van der Waals surface area contributed by atoms with Crippen molar-refractivity contribution in [2.24, 2.45) is 4.99 Å². The number of benzene rings is 1. The Morgan fingerprint density at radius 3 is 2.57 bits per heavy atom. The van der Waals surface area contributed by atoms with Crippen LogP contribution in [0.25, 0.3) is 0 Å². The van der Waals surface area contributed by atoms with E-state index in [0.29, 0.717) is 11.3 Å². The highest BCUT2D eigenvalue weighted by atomic mass is 16.1. The van der Waals surface area contributed by atoms with Crippen molar-refractivity contribution in [3.05, 3.63) is 47.7 Å². The van der Waals surface area contributed by atoms with Crippen LogP contribution in [0, 0.1) is 0 Å². The fourth-order valence-corrected chi connectivity index (χ4v) is 1.42. The van der Waals surface area contributed by atoms with Crippen LogP contribution >= 0.6 is 0 Å². The van der Waals surface area contributed by atoms with Crippen molar-refractivity contribution in [3.8, 4) is 0 Å². The van der Waals surface area contributed by atoms with Gasteiger partial charge in [-0.1, -0.05) is 30.3 Å². The van der Waals surface area contributed by atoms with Gasteiger partial charge < -0.3 is 0 Å². The Balaban J connectivity index is 2.26. The summed E-state index contributed by atoms with van der Waals surface area (Å²) in [5.41, 5.74) is 2.29. The maximum atomic E-state index is 11.8. The van der Waals surface area contributed by atoms with E-state index in [1.807, 2.05) is 43.3 Å². The van der Waals surface area contributed by atoms with Gasteiger partial charge in [-0.25, -0.2) is 0 Å². The maximum Gasteiger partial charge on any atom is 0.211 e. The van der Waals surface area contributed by atoms with Crippen LogP contribution in [0.15, 0.2) is 47.1 Å². The predicted molar refractivity (Wildman–Crippen MR) is 56.6 cm³/mol. The molecule has 0 aliphatic carbocycles. The Labute approximate surface area is 83.0 Å². The Hall–Kier alpha value is -1.70. The first-order chi connectivity index (χ1) is 6.77. The van der Waals surface area contributed by atoms with Crippen LogP contribution in [-0.4, -0.2) is 11.5 Å². The average molecular weight is 185 g/mol. The molecule has 2 nitrogen and oxygen atoms in total. The number of carbonyl (C=O) groups excluding carboxylic acids is 1. The molecule has 2 heteroatoms. The fraction of sp³-hybridized carbons (Fsp3) is 0.167. The summed E-state index contributed by atoms with van der Waals surface area (Å²) in [6.07, 6.45) is 2.68. The van der Waals surface area contributed by atoms with Gasteiger partial charge in [0.1, 0.15) is 5.70 Å². The molecule has 70 valence electrons. The van der Waals surface area contributed by atoms with Gasteiger partial charge in [-0.05, 0) is 13.0 Å². The highest BCUT2D eigenvalue weighted by molar-refractivity contribution is 6.11. The number of Topliss-reactive ketones (excluding diaryl/α,β-unsaturated/α-hetero) is 1. The molecule has 0 saturated carbocycles. The van der Waals surface area contributed by atoms with E-state index >= 15 is 0 Å². The van der Waals surface area contributed by atoms with E-state index in [4.69, 9.17) is 0 Å². The Kier molecular flexibility index (Phi) is 2.27. The van der Waals surface area contributed by atoms with Gasteiger partial charge in [-0.15, -0.1) is 0 Å². The van der Waals surface area contributed by atoms with E-state index in [-0.39, 0.29) is 5.78 Å². The molecule has 1 aromatic rings. The molecule has 0 fully saturated rings. The second-order valence-corrected chi connectivity index (χ2v) is 3.34. The third kappa shape index (κ3) is 1.64. The quantitative estimate of drug-likeness (QED) is 0.651. The van der Waals surface area contributed by atoms with E-state index in [9.17, 15) is 4.79 Å². The molecule has 1 aliphatic heterocycles. The van der Waals surface area contributed by atoms with E-state index in [2.05, 4.69) is 4.99 Å². The lowest BCUT2D eigenvalue weighted by atomic mass is 10.1. The van der Waals surface area contributed by atoms with Crippen molar-refractivity contribution in [2.45, 2.75) is 13.3 Å². The molecule has 0 saturated heterocycles. The monoisotopic (exact) mass is 185 g/mol. The first kappa shape index (κ1) is 8.88. The summed E-state index contributed by atoms with van der Waals surface area (Å²) in [4.78, 5) is 16.0. The van der Waals surface area contributed by atoms with Crippen LogP contribution in [0.4, 0.5) is 0 Å². The first-order valence-electron chi connectivity index (χ1n) is 4.61. The van der Waals surface area contributed by atoms with Crippen molar-refractivity contribution in [3.63, 3.8) is 0 Å². The third-order valence-electron chi connectivity index (χ3n) is 2.17. The van der Waals surface area contributed by atoms with Gasteiger partial charge in [0.15, 0.2) is 0 Å². The van der Waals surface area contributed by atoms with Crippen LogP contribution in [0.1, 0.15) is 23.7 Å². The highest BCUT2D eigenvalue weighted by Gasteiger charge is 2.14. The van der Waals surface area contributed by atoms with Crippen molar-refractivity contribution in [2.75, 3.05) is 0 Å². The number of ketones is 1. The Morgan fingerprint density at radius 2 is 2.00 bits per heavy atom. The zero-order chi connectivity index (χ0) is 9.97. The number of hydrogen-bond acceptors (Lipinski definition) is 2. The van der Waals surface area contributed by atoms with E-state index in [1.165, 1.54) is 0 Å². The fourth-order valence-electron chi connectivity index (χ4n) is 1.42. The molecule has 14 heavy (non-hydrogen) atoms. The van der Waals surface area contributed by atoms with E-state index in [1.54, 1.807) is 0 Å². The third-order valence-corrected chi connectivity index (χ3v) is 2.17. The average Bonchev–Trinajstić information content (AvgIpc) is 2.65. The van der Waals surface area contributed by atoms with Crippen LogP contribution in [0.3, 0.4) is 0 Å². The molecule has 0 N–H and O–H groups in total. The van der Waals surface area contributed by atoms with Crippen molar-refractivity contribution in [1.82, 2.24) is 0 Å². The molecule has 0 spiro atoms. The SMILES string of the molecule is CC1=NC(C(=O)c2ccccc2)=CC1. The summed E-state index contributed by atoms with van der Waals surface area (Å²) in [7, 11) is 0. The lowest BCUT2D eigenvalue weighted by Gasteiger charge is -1.97. The minimum Gasteiger partial charge on any atom is -0.287 e. The largest absolute Gasteiger partial charge is 0.287 e. The second kappa shape index (κ2) is 3.58. The Bertz CT molecular complexity index is 415. The van der Waals surface area contributed by atoms with E-state index in [0.717, 1.165) is 12.1 Å². The normalized spacial score (nSPS) is 14.9. The summed E-state index contributed by atoms with van der Waals surface area (Å²) < 4.78 is 0. The molecule has 0 aromatic heterocycles. The van der Waals surface area contributed by atoms with Gasteiger partial charge in [0.2, 0.25) is 5.78 Å².